The molecular formula is C29H36F2N4O5S. The monoisotopic (exact) mass is 590 g/mol. The second kappa shape index (κ2) is 15.5. The number of halogens is 2. The topological polar surface area (TPSA) is 130 Å². The minimum Gasteiger partial charge on any atom is -0.390 e. The molecule has 3 rings (SSSR count). The van der Waals surface area contributed by atoms with Crippen LogP contribution in [0.25, 0.3) is 0 Å². The minimum absolute atomic E-state index is 0.0460. The molecule has 222 valence electrons. The van der Waals surface area contributed by atoms with Gasteiger partial charge in [-0.2, -0.15) is 0 Å². The minimum atomic E-state index is -3.72. The van der Waals surface area contributed by atoms with E-state index in [0.29, 0.717) is 6.54 Å². The number of nitrogens with zero attached hydrogens (tertiary/aromatic N) is 1. The van der Waals surface area contributed by atoms with Crippen molar-refractivity contribution in [3.63, 3.8) is 0 Å². The average molecular weight is 591 g/mol. The maximum atomic E-state index is 13.9. The first-order valence-corrected chi connectivity index (χ1v) is 14.9. The maximum absolute atomic E-state index is 13.9. The number of amides is 1. The molecule has 0 saturated heterocycles. The Morgan fingerprint density at radius 1 is 1.05 bits per heavy atom. The summed E-state index contributed by atoms with van der Waals surface area (Å²) >= 11 is 0. The maximum Gasteiger partial charge on any atom is 0.251 e. The molecule has 0 spiro atoms. The van der Waals surface area contributed by atoms with Crippen LogP contribution in [0, 0.1) is 11.6 Å². The predicted octanol–water partition coefficient (Wildman–Crippen LogP) is 3.19. The lowest BCUT2D eigenvalue weighted by atomic mass is 10.00. The molecule has 1 amide bonds. The van der Waals surface area contributed by atoms with Crippen LogP contribution in [0.2, 0.25) is 0 Å². The zero-order valence-electron chi connectivity index (χ0n) is 23.1. The van der Waals surface area contributed by atoms with Crippen molar-refractivity contribution in [2.75, 3.05) is 30.7 Å². The van der Waals surface area contributed by atoms with Gasteiger partial charge in [-0.15, -0.1) is 0 Å². The molecule has 9 nitrogen and oxygen atoms in total. The van der Waals surface area contributed by atoms with Crippen molar-refractivity contribution in [3.8, 4) is 0 Å². The Kier molecular flexibility index (Phi) is 12.1. The third kappa shape index (κ3) is 10.8. The molecule has 12 heteroatoms. The zero-order valence-corrected chi connectivity index (χ0v) is 23.9. The number of hydrogen-bond donors (Lipinski definition) is 4. The van der Waals surface area contributed by atoms with Crippen molar-refractivity contribution >= 4 is 21.7 Å². The zero-order chi connectivity index (χ0) is 29.8. The predicted molar refractivity (Wildman–Crippen MR) is 153 cm³/mol. The van der Waals surface area contributed by atoms with Crippen molar-refractivity contribution in [2.45, 2.75) is 44.9 Å². The largest absolute Gasteiger partial charge is 0.390 e. The number of aliphatic hydroxyl groups excluding tert-OH is 1. The van der Waals surface area contributed by atoms with E-state index in [1.807, 2.05) is 18.2 Å². The number of ether oxygens (including phenoxy) is 1. The molecule has 3 aromatic rings. The summed E-state index contributed by atoms with van der Waals surface area (Å²) < 4.78 is 59.6. The molecule has 0 aliphatic carbocycles. The van der Waals surface area contributed by atoms with Crippen molar-refractivity contribution in [2.24, 2.45) is 0 Å². The molecule has 0 bridgehead atoms. The SMILES string of the molecule is CCc1cccc(CNC[C@@H](O)[C@H](Cc2cc(F)cc(F)c2)NC(=O)c2ccnc(NS(=O)(=O)CCCOC)c2)c1. The first-order valence-electron chi connectivity index (χ1n) is 13.3. The van der Waals surface area contributed by atoms with Crippen LogP contribution in [0.15, 0.2) is 60.8 Å². The van der Waals surface area contributed by atoms with E-state index in [-0.39, 0.29) is 48.7 Å². The highest BCUT2D eigenvalue weighted by Gasteiger charge is 2.23. The van der Waals surface area contributed by atoms with Gasteiger partial charge in [-0.3, -0.25) is 9.52 Å². The van der Waals surface area contributed by atoms with E-state index in [0.717, 1.165) is 30.2 Å². The molecule has 0 unspecified atom stereocenters. The van der Waals surface area contributed by atoms with Crippen LogP contribution in [0.1, 0.15) is 40.4 Å². The summed E-state index contributed by atoms with van der Waals surface area (Å²) in [7, 11) is -2.24. The fraction of sp³-hybridized carbons (Fsp3) is 0.379. The number of aliphatic hydroxyl groups is 1. The molecular weight excluding hydrogens is 554 g/mol. The summed E-state index contributed by atoms with van der Waals surface area (Å²) in [5, 5.41) is 16.9. The average Bonchev–Trinajstić information content (AvgIpc) is 2.92. The Hall–Kier alpha value is -3.45. The molecule has 0 aliphatic rings. The number of carbonyl (C=O) groups is 1. The third-order valence-corrected chi connectivity index (χ3v) is 7.63. The highest BCUT2D eigenvalue weighted by atomic mass is 32.2. The van der Waals surface area contributed by atoms with E-state index < -0.39 is 39.7 Å². The van der Waals surface area contributed by atoms with Crippen molar-refractivity contribution < 1.29 is 31.8 Å². The fourth-order valence-corrected chi connectivity index (χ4v) is 5.25. The van der Waals surface area contributed by atoms with Crippen LogP contribution in [-0.2, 0) is 34.1 Å². The number of nitrogens with one attached hydrogen (secondary N) is 3. The molecule has 2 atom stereocenters. The van der Waals surface area contributed by atoms with Gasteiger partial charge in [-0.05, 0) is 60.2 Å². The first-order chi connectivity index (χ1) is 19.6. The summed E-state index contributed by atoms with van der Waals surface area (Å²) in [5.41, 5.74) is 2.54. The van der Waals surface area contributed by atoms with Crippen LogP contribution >= 0.6 is 0 Å². The Bertz CT molecular complexity index is 1390. The van der Waals surface area contributed by atoms with E-state index >= 15 is 0 Å². The number of methoxy groups -OCH3 is 1. The van der Waals surface area contributed by atoms with Crippen LogP contribution in [0.4, 0.5) is 14.6 Å². The number of aromatic nitrogens is 1. The molecule has 41 heavy (non-hydrogen) atoms. The molecule has 0 radical (unpaired) electrons. The quantitative estimate of drug-likeness (QED) is 0.189. The van der Waals surface area contributed by atoms with E-state index in [9.17, 15) is 27.1 Å². The van der Waals surface area contributed by atoms with Crippen LogP contribution in [0.5, 0.6) is 0 Å². The van der Waals surface area contributed by atoms with E-state index in [1.54, 1.807) is 0 Å². The van der Waals surface area contributed by atoms with E-state index in [4.69, 9.17) is 4.74 Å². The number of carbonyl (C=O) groups excluding carboxylic acids is 1. The lowest BCUT2D eigenvalue weighted by molar-refractivity contribution is 0.0829. The highest BCUT2D eigenvalue weighted by Crippen LogP contribution is 2.14. The number of sulfonamides is 1. The summed E-state index contributed by atoms with van der Waals surface area (Å²) in [6, 6.07) is 12.8. The van der Waals surface area contributed by atoms with Gasteiger partial charge >= 0.3 is 0 Å². The van der Waals surface area contributed by atoms with Gasteiger partial charge in [-0.1, -0.05) is 31.2 Å². The first kappa shape index (κ1) is 32.1. The molecule has 0 saturated carbocycles. The lowest BCUT2D eigenvalue weighted by Crippen LogP contribution is -2.48. The molecule has 4 N–H and O–H groups in total. The third-order valence-electron chi connectivity index (χ3n) is 6.28. The number of aryl methyl sites for hydroxylation is 1. The number of pyridine rings is 1. The summed E-state index contributed by atoms with van der Waals surface area (Å²) in [5.74, 6) is -2.40. The second-order valence-corrected chi connectivity index (χ2v) is 11.5. The van der Waals surface area contributed by atoms with Gasteiger partial charge in [0.05, 0.1) is 17.9 Å². The fourth-order valence-electron chi connectivity index (χ4n) is 4.22. The number of anilines is 1. The summed E-state index contributed by atoms with van der Waals surface area (Å²) in [4.78, 5) is 17.1. The normalized spacial score (nSPS) is 13.0. The van der Waals surface area contributed by atoms with Crippen molar-refractivity contribution in [3.05, 3.63) is 94.7 Å². The van der Waals surface area contributed by atoms with E-state index in [1.165, 1.54) is 31.0 Å². The molecule has 0 fully saturated rings. The summed E-state index contributed by atoms with van der Waals surface area (Å²) in [6.07, 6.45) is 1.27. The Morgan fingerprint density at radius 2 is 1.78 bits per heavy atom. The molecule has 1 heterocycles. The van der Waals surface area contributed by atoms with Crippen LogP contribution in [-0.4, -0.2) is 62.6 Å². The van der Waals surface area contributed by atoms with Gasteiger partial charge in [0.1, 0.15) is 17.5 Å². The van der Waals surface area contributed by atoms with Gasteiger partial charge in [0, 0.05) is 44.6 Å². The van der Waals surface area contributed by atoms with Crippen molar-refractivity contribution in [1.29, 1.82) is 0 Å². The Balaban J connectivity index is 1.72. The Morgan fingerprint density at radius 3 is 2.49 bits per heavy atom. The van der Waals surface area contributed by atoms with Gasteiger partial charge in [0.15, 0.2) is 0 Å². The van der Waals surface area contributed by atoms with Crippen LogP contribution < -0.4 is 15.4 Å². The molecule has 2 aromatic carbocycles. The second-order valence-electron chi connectivity index (χ2n) is 9.63. The van der Waals surface area contributed by atoms with E-state index in [2.05, 4.69) is 33.3 Å². The number of benzene rings is 2. The van der Waals surface area contributed by atoms with Gasteiger partial charge in [0.2, 0.25) is 10.0 Å². The van der Waals surface area contributed by atoms with Gasteiger partial charge < -0.3 is 20.5 Å². The standard InChI is InChI=1S/C29H36F2N4O5S/c1-3-20-6-4-7-21(12-20)18-32-19-27(36)26(15-22-13-24(30)17-25(31)14-22)34-29(37)23-8-9-33-28(16-23)35-41(38,39)11-5-10-40-2/h4,6-9,12-14,16-17,26-27,32,36H,3,5,10-11,15,18-19H2,1-2H3,(H,33,35)(H,34,37)/t26-,27+/m0/s1. The highest BCUT2D eigenvalue weighted by molar-refractivity contribution is 7.92. The van der Waals surface area contributed by atoms with Crippen molar-refractivity contribution in [1.82, 2.24) is 15.6 Å². The molecule has 1 aromatic heterocycles. The number of rotatable bonds is 16. The number of hydrogen-bond acceptors (Lipinski definition) is 7. The van der Waals surface area contributed by atoms with Crippen LogP contribution in [0.3, 0.4) is 0 Å². The lowest BCUT2D eigenvalue weighted by Gasteiger charge is -2.25. The molecule has 0 aliphatic heterocycles. The Labute approximate surface area is 239 Å². The van der Waals surface area contributed by atoms with Gasteiger partial charge in [-0.25, -0.2) is 22.2 Å². The van der Waals surface area contributed by atoms with Gasteiger partial charge in [0.25, 0.3) is 5.91 Å². The summed E-state index contributed by atoms with van der Waals surface area (Å²) in [6.45, 7) is 2.89. The smallest absolute Gasteiger partial charge is 0.251 e.